The van der Waals surface area contributed by atoms with Gasteiger partial charge in [0.1, 0.15) is 23.0 Å². The topological polar surface area (TPSA) is 51.2 Å². The predicted octanol–water partition coefficient (Wildman–Crippen LogP) is 6.04. The maximum Gasteiger partial charge on any atom is 0.163 e. The van der Waals surface area contributed by atoms with Crippen molar-refractivity contribution in [1.82, 2.24) is 9.80 Å². The van der Waals surface area contributed by atoms with Crippen molar-refractivity contribution < 1.29 is 18.3 Å². The van der Waals surface area contributed by atoms with E-state index in [0.29, 0.717) is 13.1 Å². The van der Waals surface area contributed by atoms with Crippen LogP contribution in [0.5, 0.6) is 11.5 Å². The van der Waals surface area contributed by atoms with Crippen LogP contribution in [0, 0.1) is 5.41 Å². The second-order valence-corrected chi connectivity index (χ2v) is 9.95. The van der Waals surface area contributed by atoms with Gasteiger partial charge in [0, 0.05) is 24.2 Å². The molecule has 6 rings (SSSR count). The summed E-state index contributed by atoms with van der Waals surface area (Å²) < 4.78 is 24.9. The lowest BCUT2D eigenvalue weighted by molar-refractivity contribution is -0.174. The molecule has 0 saturated heterocycles. The van der Waals surface area contributed by atoms with Crippen LogP contribution < -0.4 is 9.47 Å². The van der Waals surface area contributed by atoms with E-state index in [9.17, 15) is 0 Å². The van der Waals surface area contributed by atoms with Crippen molar-refractivity contribution in [2.45, 2.75) is 52.5 Å². The maximum atomic E-state index is 6.74. The van der Waals surface area contributed by atoms with Gasteiger partial charge in [-0.2, -0.15) is 0 Å². The Hall–Kier alpha value is -3.48. The summed E-state index contributed by atoms with van der Waals surface area (Å²) in [5.74, 6) is 3.68. The highest BCUT2D eigenvalue weighted by Crippen LogP contribution is 2.43. The molecule has 6 heteroatoms. The van der Waals surface area contributed by atoms with Crippen molar-refractivity contribution in [2.75, 3.05) is 0 Å². The number of fused-ring (bicyclic) bond motifs is 2. The molecule has 35 heavy (non-hydrogen) atoms. The van der Waals surface area contributed by atoms with Gasteiger partial charge in [-0.05, 0) is 50.2 Å². The molecule has 2 aromatic carbocycles. The number of benzene rings is 2. The number of hydrogen-bond acceptors (Lipinski definition) is 6. The highest BCUT2D eigenvalue weighted by Gasteiger charge is 2.49. The number of furan rings is 2. The molecule has 0 spiro atoms. The van der Waals surface area contributed by atoms with Crippen molar-refractivity contribution in [2.24, 2.45) is 5.41 Å². The average molecular weight is 471 g/mol. The molecule has 4 aromatic rings. The van der Waals surface area contributed by atoms with Crippen LogP contribution in [0.3, 0.4) is 0 Å². The molecule has 0 radical (unpaired) electrons. The third-order valence-corrected chi connectivity index (χ3v) is 6.98. The van der Waals surface area contributed by atoms with E-state index in [1.54, 1.807) is 12.5 Å². The lowest BCUT2D eigenvalue weighted by atomic mass is 9.84. The Balaban J connectivity index is 1.37. The van der Waals surface area contributed by atoms with E-state index in [1.807, 2.05) is 36.4 Å². The Morgan fingerprint density at radius 3 is 1.54 bits per heavy atom. The second kappa shape index (κ2) is 8.95. The van der Waals surface area contributed by atoms with Gasteiger partial charge in [0.05, 0.1) is 31.0 Å². The van der Waals surface area contributed by atoms with E-state index in [4.69, 9.17) is 18.3 Å². The fraction of sp³-hybridized carbons (Fsp3) is 0.310. The molecular weight excluding hydrogens is 440 g/mol. The lowest BCUT2D eigenvalue weighted by Crippen LogP contribution is -2.61. The second-order valence-electron chi connectivity index (χ2n) is 9.95. The van der Waals surface area contributed by atoms with Crippen molar-refractivity contribution in [3.05, 3.63) is 108 Å². The number of hydrogen-bond donors (Lipinski definition) is 0. The van der Waals surface area contributed by atoms with Crippen LogP contribution in [0.15, 0.2) is 94.2 Å². The Morgan fingerprint density at radius 2 is 1.11 bits per heavy atom. The van der Waals surface area contributed by atoms with Crippen molar-refractivity contribution in [3.63, 3.8) is 0 Å². The van der Waals surface area contributed by atoms with Crippen LogP contribution >= 0.6 is 0 Å². The summed E-state index contributed by atoms with van der Waals surface area (Å²) in [6.45, 7) is 7.30. The minimum Gasteiger partial charge on any atom is -0.474 e. The van der Waals surface area contributed by atoms with E-state index >= 15 is 0 Å². The number of para-hydroxylation sites is 2. The first-order valence-corrected chi connectivity index (χ1v) is 12.1. The molecule has 2 aliphatic rings. The monoisotopic (exact) mass is 470 g/mol. The maximum absolute atomic E-state index is 6.74. The highest BCUT2D eigenvalue weighted by atomic mass is 16.5. The van der Waals surface area contributed by atoms with E-state index in [0.717, 1.165) is 36.1 Å². The van der Waals surface area contributed by atoms with Crippen LogP contribution in [0.25, 0.3) is 0 Å². The van der Waals surface area contributed by atoms with Gasteiger partial charge in [0.25, 0.3) is 0 Å². The Bertz CT molecular complexity index is 1170. The van der Waals surface area contributed by atoms with Gasteiger partial charge in [-0.15, -0.1) is 0 Å². The summed E-state index contributed by atoms with van der Waals surface area (Å²) in [5.41, 5.74) is 1.93. The zero-order valence-electron chi connectivity index (χ0n) is 20.1. The van der Waals surface area contributed by atoms with Crippen LogP contribution in [0.2, 0.25) is 0 Å². The summed E-state index contributed by atoms with van der Waals surface area (Å²) in [6, 6.07) is 24.4. The molecule has 0 bridgehead atoms. The first-order chi connectivity index (χ1) is 17.1. The van der Waals surface area contributed by atoms with Crippen LogP contribution in [-0.2, 0) is 26.2 Å². The standard InChI is InChI=1S/C29H30N2O4/c1-29(2,27-30(19-23-11-7-15-32-23)17-21-9-3-5-13-25(21)34-27)28-31(20-24-12-8-16-33-24)18-22-10-4-6-14-26(22)35-28/h3-16,27-28H,17-20H2,1-2H3. The summed E-state index contributed by atoms with van der Waals surface area (Å²) >= 11 is 0. The lowest BCUT2D eigenvalue weighted by Gasteiger charge is -2.51. The third-order valence-electron chi connectivity index (χ3n) is 6.98. The summed E-state index contributed by atoms with van der Waals surface area (Å²) in [6.07, 6.45) is 2.97. The van der Waals surface area contributed by atoms with Crippen LogP contribution in [0.1, 0.15) is 36.5 Å². The molecule has 180 valence electrons. The predicted molar refractivity (Wildman–Crippen MR) is 131 cm³/mol. The quantitative estimate of drug-likeness (QED) is 0.342. The van der Waals surface area contributed by atoms with E-state index in [2.05, 4.69) is 60.0 Å². The van der Waals surface area contributed by atoms with Gasteiger partial charge in [-0.25, -0.2) is 0 Å². The molecule has 2 aromatic heterocycles. The first kappa shape index (κ1) is 22.0. The molecule has 0 N–H and O–H groups in total. The number of nitrogens with zero attached hydrogens (tertiary/aromatic N) is 2. The van der Waals surface area contributed by atoms with Gasteiger partial charge in [-0.3, -0.25) is 9.80 Å². The van der Waals surface area contributed by atoms with Gasteiger partial charge in [0.15, 0.2) is 12.5 Å². The SMILES string of the molecule is CC(C)(C1Oc2ccccc2CN1Cc1ccco1)C1Oc2ccccc2CN1Cc1ccco1. The Kier molecular flexibility index (Phi) is 5.63. The fourth-order valence-corrected chi connectivity index (χ4v) is 5.34. The molecule has 2 unspecified atom stereocenters. The number of ether oxygens (including phenoxy) is 2. The smallest absolute Gasteiger partial charge is 0.163 e. The molecule has 4 heterocycles. The fourth-order valence-electron chi connectivity index (χ4n) is 5.34. The molecule has 0 fully saturated rings. The number of rotatable bonds is 6. The van der Waals surface area contributed by atoms with Gasteiger partial charge in [0.2, 0.25) is 0 Å². The molecule has 2 atom stereocenters. The van der Waals surface area contributed by atoms with Gasteiger partial charge < -0.3 is 18.3 Å². The average Bonchev–Trinajstić information content (AvgIpc) is 3.58. The molecular formula is C29H30N2O4. The zero-order chi connectivity index (χ0) is 23.8. The van der Waals surface area contributed by atoms with Crippen molar-refractivity contribution >= 4 is 0 Å². The highest BCUT2D eigenvalue weighted by molar-refractivity contribution is 5.37. The Labute approximate surface area is 205 Å². The van der Waals surface area contributed by atoms with E-state index in [1.165, 1.54) is 11.1 Å². The summed E-state index contributed by atoms with van der Waals surface area (Å²) in [7, 11) is 0. The van der Waals surface area contributed by atoms with E-state index in [-0.39, 0.29) is 12.5 Å². The molecule has 0 amide bonds. The molecule has 6 nitrogen and oxygen atoms in total. The molecule has 0 saturated carbocycles. The normalized spacial score (nSPS) is 20.5. The molecule has 0 aliphatic carbocycles. The minimum atomic E-state index is -0.416. The summed E-state index contributed by atoms with van der Waals surface area (Å²) in [4.78, 5) is 4.69. The first-order valence-electron chi connectivity index (χ1n) is 12.1. The van der Waals surface area contributed by atoms with E-state index < -0.39 is 5.41 Å². The molecule has 2 aliphatic heterocycles. The third kappa shape index (κ3) is 4.24. The van der Waals surface area contributed by atoms with Crippen molar-refractivity contribution in [3.8, 4) is 11.5 Å². The van der Waals surface area contributed by atoms with Gasteiger partial charge in [-0.1, -0.05) is 36.4 Å². The van der Waals surface area contributed by atoms with Crippen LogP contribution in [0.4, 0.5) is 0 Å². The van der Waals surface area contributed by atoms with Crippen LogP contribution in [-0.4, -0.2) is 22.3 Å². The Morgan fingerprint density at radius 1 is 0.657 bits per heavy atom. The minimum absolute atomic E-state index is 0.239. The largest absolute Gasteiger partial charge is 0.474 e. The van der Waals surface area contributed by atoms with Crippen molar-refractivity contribution in [1.29, 1.82) is 0 Å². The van der Waals surface area contributed by atoms with Gasteiger partial charge >= 0.3 is 0 Å². The zero-order valence-corrected chi connectivity index (χ0v) is 20.1. The summed E-state index contributed by atoms with van der Waals surface area (Å²) in [5, 5.41) is 0.